The van der Waals surface area contributed by atoms with Gasteiger partial charge in [-0.1, -0.05) is 6.92 Å². The Morgan fingerprint density at radius 2 is 2.00 bits per heavy atom. The molecule has 4 N–H and O–H groups in total. The molecular weight excluding hydrogens is 254 g/mol. The number of carbonyl (C=O) groups is 1. The van der Waals surface area contributed by atoms with Crippen LogP contribution in [0.15, 0.2) is 18.2 Å². The smallest absolute Gasteiger partial charge is 0.278 e. The number of hydrogen-bond donors (Lipinski definition) is 3. The molecule has 5 nitrogen and oxygen atoms in total. The summed E-state index contributed by atoms with van der Waals surface area (Å²) in [5.74, 6) is -2.18. The van der Waals surface area contributed by atoms with Crippen molar-refractivity contribution < 1.29 is 13.6 Å². The lowest BCUT2D eigenvalue weighted by Crippen LogP contribution is -2.14. The van der Waals surface area contributed by atoms with Gasteiger partial charge in [-0.25, -0.2) is 8.78 Å². The van der Waals surface area contributed by atoms with Crippen LogP contribution in [-0.4, -0.2) is 16.1 Å². The van der Waals surface area contributed by atoms with E-state index >= 15 is 0 Å². The highest BCUT2D eigenvalue weighted by Gasteiger charge is 2.17. The van der Waals surface area contributed by atoms with Crippen LogP contribution in [0.2, 0.25) is 0 Å². The predicted octanol–water partition coefficient (Wildman–Crippen LogP) is 2.08. The number of aryl methyl sites for hydroxylation is 1. The quantitative estimate of drug-likeness (QED) is 0.795. The monoisotopic (exact) mass is 266 g/mol. The number of H-pyrrole nitrogens is 1. The normalized spacial score (nSPS) is 10.5. The molecule has 100 valence electrons. The number of rotatable bonds is 3. The van der Waals surface area contributed by atoms with Crippen molar-refractivity contribution in [1.82, 2.24) is 10.2 Å². The standard InChI is InChI=1S/C12H12F2N4O/c1-2-9-10(15)11(18-17-9)12(19)16-8-4-6(13)3-7(14)5-8/h3-5H,2,15H2,1H3,(H,16,19)(H,17,18). The van der Waals surface area contributed by atoms with Gasteiger partial charge in [0.15, 0.2) is 5.69 Å². The molecule has 0 saturated heterocycles. The Labute approximate surface area is 107 Å². The van der Waals surface area contributed by atoms with Crippen molar-refractivity contribution in [3.8, 4) is 0 Å². The number of nitrogens with one attached hydrogen (secondary N) is 2. The maximum absolute atomic E-state index is 13.0. The molecule has 0 spiro atoms. The zero-order valence-corrected chi connectivity index (χ0v) is 10.1. The van der Waals surface area contributed by atoms with Gasteiger partial charge in [0, 0.05) is 11.8 Å². The molecule has 0 aliphatic rings. The molecule has 0 aliphatic carbocycles. The lowest BCUT2D eigenvalue weighted by atomic mass is 10.2. The predicted molar refractivity (Wildman–Crippen MR) is 66.7 cm³/mol. The molecular formula is C12H12F2N4O. The SMILES string of the molecule is CCc1[nH]nc(C(=O)Nc2cc(F)cc(F)c2)c1N. The van der Waals surface area contributed by atoms with E-state index in [4.69, 9.17) is 5.73 Å². The molecule has 0 atom stereocenters. The third-order valence-corrected chi connectivity index (χ3v) is 2.57. The van der Waals surface area contributed by atoms with Crippen molar-refractivity contribution in [3.63, 3.8) is 0 Å². The van der Waals surface area contributed by atoms with Crippen LogP contribution in [0, 0.1) is 11.6 Å². The average molecular weight is 266 g/mol. The third-order valence-electron chi connectivity index (χ3n) is 2.57. The first-order valence-electron chi connectivity index (χ1n) is 5.61. The number of anilines is 2. The summed E-state index contributed by atoms with van der Waals surface area (Å²) in [7, 11) is 0. The van der Waals surface area contributed by atoms with Gasteiger partial charge in [0.1, 0.15) is 11.6 Å². The average Bonchev–Trinajstić information content (AvgIpc) is 2.68. The van der Waals surface area contributed by atoms with Crippen molar-refractivity contribution in [3.05, 3.63) is 41.2 Å². The Balaban J connectivity index is 2.23. The number of nitrogen functional groups attached to an aromatic ring is 1. The van der Waals surface area contributed by atoms with E-state index in [-0.39, 0.29) is 17.1 Å². The fourth-order valence-corrected chi connectivity index (χ4v) is 1.65. The first kappa shape index (κ1) is 13.0. The summed E-state index contributed by atoms with van der Waals surface area (Å²) in [6.07, 6.45) is 0.598. The lowest BCUT2D eigenvalue weighted by molar-refractivity contribution is 0.102. The van der Waals surface area contributed by atoms with Gasteiger partial charge < -0.3 is 11.1 Å². The van der Waals surface area contributed by atoms with Crippen molar-refractivity contribution >= 4 is 17.3 Å². The maximum Gasteiger partial charge on any atom is 0.278 e. The second-order valence-electron chi connectivity index (χ2n) is 3.93. The van der Waals surface area contributed by atoms with Crippen molar-refractivity contribution in [2.75, 3.05) is 11.1 Å². The number of aromatic amines is 1. The topological polar surface area (TPSA) is 83.8 Å². The van der Waals surface area contributed by atoms with E-state index in [0.29, 0.717) is 18.2 Å². The Kier molecular flexibility index (Phi) is 3.46. The van der Waals surface area contributed by atoms with Gasteiger partial charge in [0.25, 0.3) is 5.91 Å². The number of amides is 1. The maximum atomic E-state index is 13.0. The van der Waals surface area contributed by atoms with Gasteiger partial charge >= 0.3 is 0 Å². The van der Waals surface area contributed by atoms with E-state index in [1.165, 1.54) is 0 Å². The molecule has 1 heterocycles. The Morgan fingerprint density at radius 1 is 1.37 bits per heavy atom. The van der Waals surface area contributed by atoms with E-state index in [9.17, 15) is 13.6 Å². The van der Waals surface area contributed by atoms with Gasteiger partial charge in [-0.3, -0.25) is 9.89 Å². The van der Waals surface area contributed by atoms with Gasteiger partial charge in [0.05, 0.1) is 11.4 Å². The summed E-state index contributed by atoms with van der Waals surface area (Å²) in [6.45, 7) is 1.85. The Bertz CT molecular complexity index is 604. The highest BCUT2D eigenvalue weighted by Crippen LogP contribution is 2.18. The van der Waals surface area contributed by atoms with Crippen LogP contribution in [-0.2, 0) is 6.42 Å². The number of halogens is 2. The molecule has 19 heavy (non-hydrogen) atoms. The van der Waals surface area contributed by atoms with Crippen LogP contribution in [0.25, 0.3) is 0 Å². The van der Waals surface area contributed by atoms with Gasteiger partial charge in [0.2, 0.25) is 0 Å². The van der Waals surface area contributed by atoms with Gasteiger partial charge in [-0.15, -0.1) is 0 Å². The molecule has 2 aromatic rings. The molecule has 1 aromatic carbocycles. The molecule has 7 heteroatoms. The zero-order valence-electron chi connectivity index (χ0n) is 10.1. The number of nitrogens with zero attached hydrogens (tertiary/aromatic N) is 1. The highest BCUT2D eigenvalue weighted by atomic mass is 19.1. The van der Waals surface area contributed by atoms with Gasteiger partial charge in [-0.05, 0) is 18.6 Å². The molecule has 2 rings (SSSR count). The van der Waals surface area contributed by atoms with Gasteiger partial charge in [-0.2, -0.15) is 5.10 Å². The van der Waals surface area contributed by atoms with Crippen LogP contribution in [0.4, 0.5) is 20.2 Å². The van der Waals surface area contributed by atoms with Crippen LogP contribution in [0.5, 0.6) is 0 Å². The van der Waals surface area contributed by atoms with Crippen molar-refractivity contribution in [1.29, 1.82) is 0 Å². The summed E-state index contributed by atoms with van der Waals surface area (Å²) < 4.78 is 26.0. The molecule has 1 amide bonds. The van der Waals surface area contributed by atoms with Crippen LogP contribution < -0.4 is 11.1 Å². The number of hydrogen-bond acceptors (Lipinski definition) is 3. The van der Waals surface area contributed by atoms with Crippen LogP contribution >= 0.6 is 0 Å². The first-order valence-corrected chi connectivity index (χ1v) is 5.61. The third kappa shape index (κ3) is 2.70. The molecule has 1 aromatic heterocycles. The van der Waals surface area contributed by atoms with E-state index in [1.54, 1.807) is 0 Å². The summed E-state index contributed by atoms with van der Waals surface area (Å²) in [4.78, 5) is 11.9. The second kappa shape index (κ2) is 5.05. The largest absolute Gasteiger partial charge is 0.395 e. The van der Waals surface area contributed by atoms with Crippen molar-refractivity contribution in [2.24, 2.45) is 0 Å². The number of carbonyl (C=O) groups excluding carboxylic acids is 1. The fourth-order valence-electron chi connectivity index (χ4n) is 1.65. The number of benzene rings is 1. The molecule has 0 unspecified atom stereocenters. The first-order chi connectivity index (χ1) is 9.01. The number of nitrogens with two attached hydrogens (primary N) is 1. The van der Waals surface area contributed by atoms with Crippen LogP contribution in [0.1, 0.15) is 23.1 Å². The van der Waals surface area contributed by atoms with E-state index in [0.717, 1.165) is 12.1 Å². The van der Waals surface area contributed by atoms with E-state index < -0.39 is 17.5 Å². The molecule has 0 fully saturated rings. The van der Waals surface area contributed by atoms with Crippen LogP contribution in [0.3, 0.4) is 0 Å². The molecule has 0 radical (unpaired) electrons. The summed E-state index contributed by atoms with van der Waals surface area (Å²) in [5.41, 5.74) is 6.60. The van der Waals surface area contributed by atoms with E-state index in [1.807, 2.05) is 6.92 Å². The lowest BCUT2D eigenvalue weighted by Gasteiger charge is -2.04. The second-order valence-corrected chi connectivity index (χ2v) is 3.93. The highest BCUT2D eigenvalue weighted by molar-refractivity contribution is 6.06. The summed E-state index contributed by atoms with van der Waals surface area (Å²) in [5, 5.41) is 8.74. The minimum absolute atomic E-state index is 0.00141. The van der Waals surface area contributed by atoms with E-state index in [2.05, 4.69) is 15.5 Å². The summed E-state index contributed by atoms with van der Waals surface area (Å²) in [6, 6.07) is 2.73. The molecule has 0 bridgehead atoms. The molecule has 0 saturated carbocycles. The minimum Gasteiger partial charge on any atom is -0.395 e. The fraction of sp³-hybridized carbons (Fsp3) is 0.167. The zero-order chi connectivity index (χ0) is 14.0. The molecule has 0 aliphatic heterocycles. The minimum atomic E-state index is -0.778. The van der Waals surface area contributed by atoms with Crippen molar-refractivity contribution in [2.45, 2.75) is 13.3 Å². The Hall–Kier alpha value is -2.44. The number of aromatic nitrogens is 2. The summed E-state index contributed by atoms with van der Waals surface area (Å²) >= 11 is 0. The Morgan fingerprint density at radius 3 is 2.53 bits per heavy atom.